The molecular weight excluding hydrogens is 327 g/mol. The molecule has 0 spiro atoms. The van der Waals surface area contributed by atoms with Crippen molar-refractivity contribution in [3.05, 3.63) is 57.8 Å². The lowest BCUT2D eigenvalue weighted by Gasteiger charge is -2.10. The molecule has 0 heterocycles. The molecule has 0 aliphatic heterocycles. The summed E-state index contributed by atoms with van der Waals surface area (Å²) in [4.78, 5) is 0. The second kappa shape index (κ2) is 5.92. The SMILES string of the molecule is Cc1ccc(Oc2ccc(/C(N)=N/O)cc2F)c(Br)c1. The highest BCUT2D eigenvalue weighted by Gasteiger charge is 2.10. The van der Waals surface area contributed by atoms with Gasteiger partial charge in [0.1, 0.15) is 5.75 Å². The monoisotopic (exact) mass is 338 g/mol. The molecule has 104 valence electrons. The molecule has 0 aliphatic carbocycles. The summed E-state index contributed by atoms with van der Waals surface area (Å²) in [6.45, 7) is 1.95. The molecule has 2 rings (SSSR count). The van der Waals surface area contributed by atoms with Crippen LogP contribution in [0, 0.1) is 12.7 Å². The zero-order valence-corrected chi connectivity index (χ0v) is 12.2. The van der Waals surface area contributed by atoms with Crippen LogP contribution in [-0.4, -0.2) is 11.0 Å². The Morgan fingerprint density at radius 3 is 2.55 bits per heavy atom. The Kier molecular flexibility index (Phi) is 4.24. The summed E-state index contributed by atoms with van der Waals surface area (Å²) in [5, 5.41) is 11.4. The molecule has 6 heteroatoms. The van der Waals surface area contributed by atoms with Gasteiger partial charge >= 0.3 is 0 Å². The predicted molar refractivity (Wildman–Crippen MR) is 77.9 cm³/mol. The molecule has 20 heavy (non-hydrogen) atoms. The van der Waals surface area contributed by atoms with E-state index in [1.807, 2.05) is 19.1 Å². The molecule has 2 aromatic rings. The van der Waals surface area contributed by atoms with Crippen LogP contribution in [0.2, 0.25) is 0 Å². The van der Waals surface area contributed by atoms with Crippen LogP contribution in [0.1, 0.15) is 11.1 Å². The first kappa shape index (κ1) is 14.3. The van der Waals surface area contributed by atoms with Gasteiger partial charge in [0, 0.05) is 5.56 Å². The van der Waals surface area contributed by atoms with Gasteiger partial charge in [0.05, 0.1) is 4.47 Å². The number of benzene rings is 2. The molecule has 0 radical (unpaired) electrons. The summed E-state index contributed by atoms with van der Waals surface area (Å²) < 4.78 is 20.1. The van der Waals surface area contributed by atoms with Crippen LogP contribution >= 0.6 is 15.9 Å². The van der Waals surface area contributed by atoms with Crippen molar-refractivity contribution < 1.29 is 14.3 Å². The van der Waals surface area contributed by atoms with E-state index in [1.54, 1.807) is 6.07 Å². The number of hydrogen-bond acceptors (Lipinski definition) is 3. The second-order valence-electron chi connectivity index (χ2n) is 4.17. The maximum absolute atomic E-state index is 13.9. The normalized spacial score (nSPS) is 11.4. The highest BCUT2D eigenvalue weighted by atomic mass is 79.9. The lowest BCUT2D eigenvalue weighted by molar-refractivity contribution is 0.318. The van der Waals surface area contributed by atoms with Gasteiger partial charge in [-0.05, 0) is 58.7 Å². The van der Waals surface area contributed by atoms with Crippen molar-refractivity contribution in [3.8, 4) is 11.5 Å². The number of aryl methyl sites for hydroxylation is 1. The average Bonchev–Trinajstić information content (AvgIpc) is 2.42. The van der Waals surface area contributed by atoms with Crippen molar-refractivity contribution >= 4 is 21.8 Å². The molecule has 0 saturated heterocycles. The Balaban J connectivity index is 2.30. The summed E-state index contributed by atoms with van der Waals surface area (Å²) in [7, 11) is 0. The number of hydrogen-bond donors (Lipinski definition) is 2. The lowest BCUT2D eigenvalue weighted by atomic mass is 10.2. The van der Waals surface area contributed by atoms with E-state index in [0.29, 0.717) is 5.75 Å². The fourth-order valence-electron chi connectivity index (χ4n) is 1.61. The number of nitrogens with two attached hydrogens (primary N) is 1. The minimum absolute atomic E-state index is 0.0593. The fourth-order valence-corrected chi connectivity index (χ4v) is 2.18. The van der Waals surface area contributed by atoms with E-state index in [9.17, 15) is 4.39 Å². The van der Waals surface area contributed by atoms with Crippen molar-refractivity contribution in [2.24, 2.45) is 10.9 Å². The van der Waals surface area contributed by atoms with Gasteiger partial charge in [-0.2, -0.15) is 0 Å². The number of rotatable bonds is 3. The molecule has 3 N–H and O–H groups in total. The van der Waals surface area contributed by atoms with Gasteiger partial charge in [0.25, 0.3) is 0 Å². The summed E-state index contributed by atoms with van der Waals surface area (Å²) in [6, 6.07) is 9.56. The first-order valence-corrected chi connectivity index (χ1v) is 6.52. The van der Waals surface area contributed by atoms with Crippen molar-refractivity contribution in [3.63, 3.8) is 0 Å². The minimum atomic E-state index is -0.596. The highest BCUT2D eigenvalue weighted by molar-refractivity contribution is 9.10. The number of amidine groups is 1. The van der Waals surface area contributed by atoms with Crippen LogP contribution in [0.5, 0.6) is 11.5 Å². The van der Waals surface area contributed by atoms with Crippen molar-refractivity contribution in [1.29, 1.82) is 0 Å². The van der Waals surface area contributed by atoms with Gasteiger partial charge in [-0.25, -0.2) is 4.39 Å². The fraction of sp³-hybridized carbons (Fsp3) is 0.0714. The smallest absolute Gasteiger partial charge is 0.170 e. The molecule has 0 amide bonds. The summed E-state index contributed by atoms with van der Waals surface area (Å²) in [6.07, 6.45) is 0. The van der Waals surface area contributed by atoms with Gasteiger partial charge in [-0.15, -0.1) is 0 Å². The largest absolute Gasteiger partial charge is 0.453 e. The van der Waals surface area contributed by atoms with Gasteiger partial charge in [0.2, 0.25) is 0 Å². The Hall–Kier alpha value is -2.08. The third kappa shape index (κ3) is 3.08. The molecule has 0 bridgehead atoms. The molecular formula is C14H12BrFN2O2. The quantitative estimate of drug-likeness (QED) is 0.387. The Morgan fingerprint density at radius 2 is 1.95 bits per heavy atom. The molecule has 0 aromatic heterocycles. The number of nitrogens with zero attached hydrogens (tertiary/aromatic N) is 1. The minimum Gasteiger partial charge on any atom is -0.453 e. The van der Waals surface area contributed by atoms with Crippen LogP contribution in [0.4, 0.5) is 4.39 Å². The third-order valence-corrected chi connectivity index (χ3v) is 3.26. The average molecular weight is 339 g/mol. The van der Waals surface area contributed by atoms with Crippen LogP contribution in [-0.2, 0) is 0 Å². The maximum atomic E-state index is 13.9. The molecule has 0 aliphatic rings. The Morgan fingerprint density at radius 1 is 1.25 bits per heavy atom. The molecule has 0 fully saturated rings. The first-order chi connectivity index (χ1) is 9.51. The summed E-state index contributed by atoms with van der Waals surface area (Å²) in [5.41, 5.74) is 6.73. The van der Waals surface area contributed by atoms with E-state index < -0.39 is 5.82 Å². The molecule has 4 nitrogen and oxygen atoms in total. The number of oxime groups is 1. The maximum Gasteiger partial charge on any atom is 0.170 e. The van der Waals surface area contributed by atoms with E-state index >= 15 is 0 Å². The van der Waals surface area contributed by atoms with Crippen LogP contribution in [0.3, 0.4) is 0 Å². The number of ether oxygens (including phenoxy) is 1. The van der Waals surface area contributed by atoms with Crippen LogP contribution in [0.25, 0.3) is 0 Å². The van der Waals surface area contributed by atoms with E-state index in [4.69, 9.17) is 15.7 Å². The van der Waals surface area contributed by atoms with Gasteiger partial charge in [0.15, 0.2) is 17.4 Å². The summed E-state index contributed by atoms with van der Waals surface area (Å²) >= 11 is 3.36. The molecule has 0 atom stereocenters. The zero-order valence-electron chi connectivity index (χ0n) is 10.6. The number of halogens is 2. The first-order valence-electron chi connectivity index (χ1n) is 5.72. The van der Waals surface area contributed by atoms with Crippen LogP contribution < -0.4 is 10.5 Å². The van der Waals surface area contributed by atoms with E-state index in [2.05, 4.69) is 21.1 Å². The zero-order chi connectivity index (χ0) is 14.7. The Bertz CT molecular complexity index is 674. The van der Waals surface area contributed by atoms with Crippen molar-refractivity contribution in [2.75, 3.05) is 0 Å². The Labute approximate surface area is 123 Å². The van der Waals surface area contributed by atoms with E-state index in [0.717, 1.165) is 16.1 Å². The van der Waals surface area contributed by atoms with E-state index in [1.165, 1.54) is 12.1 Å². The van der Waals surface area contributed by atoms with Crippen LogP contribution in [0.15, 0.2) is 46.0 Å². The molecule has 0 unspecified atom stereocenters. The van der Waals surface area contributed by atoms with Gasteiger partial charge in [-0.1, -0.05) is 11.2 Å². The van der Waals surface area contributed by atoms with E-state index in [-0.39, 0.29) is 17.1 Å². The van der Waals surface area contributed by atoms with Crippen molar-refractivity contribution in [2.45, 2.75) is 6.92 Å². The molecule has 2 aromatic carbocycles. The third-order valence-electron chi connectivity index (χ3n) is 2.64. The van der Waals surface area contributed by atoms with Gasteiger partial charge < -0.3 is 15.7 Å². The lowest BCUT2D eigenvalue weighted by Crippen LogP contribution is -2.13. The van der Waals surface area contributed by atoms with Gasteiger partial charge in [-0.3, -0.25) is 0 Å². The topological polar surface area (TPSA) is 67.8 Å². The predicted octanol–water partition coefficient (Wildman–Crippen LogP) is 3.78. The highest BCUT2D eigenvalue weighted by Crippen LogP contribution is 2.31. The summed E-state index contributed by atoms with van der Waals surface area (Å²) in [5.74, 6) is -0.191. The molecule has 0 saturated carbocycles. The standard InChI is InChI=1S/C14H12BrFN2O2/c1-8-2-4-12(10(15)6-8)20-13-5-3-9(7-11(13)16)14(17)18-19/h2-7,19H,1H3,(H2,17,18). The second-order valence-corrected chi connectivity index (χ2v) is 5.02. The van der Waals surface area contributed by atoms with Crippen molar-refractivity contribution in [1.82, 2.24) is 0 Å².